The third-order valence-corrected chi connectivity index (χ3v) is 7.51. The number of halogens is 7. The molecule has 5 nitrogen and oxygen atoms in total. The van der Waals surface area contributed by atoms with Crippen LogP contribution in [0.3, 0.4) is 0 Å². The van der Waals surface area contributed by atoms with Crippen LogP contribution >= 0.6 is 0 Å². The van der Waals surface area contributed by atoms with Crippen molar-refractivity contribution in [1.29, 1.82) is 0 Å². The summed E-state index contributed by atoms with van der Waals surface area (Å²) in [5.74, 6) is 0.147. The molecule has 3 atom stereocenters. The number of fused-ring (bicyclic) bond motifs is 2. The second-order valence-electron chi connectivity index (χ2n) is 9.88. The number of hydrogen-bond acceptors (Lipinski definition) is 4. The topological polar surface area (TPSA) is 43.2 Å². The first-order valence-electron chi connectivity index (χ1n) is 12.1. The summed E-state index contributed by atoms with van der Waals surface area (Å²) in [6, 6.07) is 7.62. The Labute approximate surface area is 214 Å². The van der Waals surface area contributed by atoms with E-state index in [1.165, 1.54) is 12.1 Å². The largest absolute Gasteiger partial charge is 0.416 e. The van der Waals surface area contributed by atoms with Gasteiger partial charge in [-0.1, -0.05) is 12.1 Å². The van der Waals surface area contributed by atoms with E-state index in [0.29, 0.717) is 37.3 Å². The average molecular weight is 542 g/mol. The van der Waals surface area contributed by atoms with Crippen molar-refractivity contribution < 1.29 is 35.5 Å². The van der Waals surface area contributed by atoms with Crippen molar-refractivity contribution in [3.8, 4) is 0 Å². The molecular weight excluding hydrogens is 517 g/mol. The zero-order valence-electron chi connectivity index (χ0n) is 20.4. The second kappa shape index (κ2) is 9.64. The predicted molar refractivity (Wildman–Crippen MR) is 122 cm³/mol. The highest BCUT2D eigenvalue weighted by atomic mass is 19.4. The SMILES string of the molecule is Cn1cnc(CN2[C@H]3CC[C@@H](OCc4cc(C(F)(F)F)cc(C(F)(F)F)c4)[C@]2(c2ccc(F)cc2)CC3)n1. The summed E-state index contributed by atoms with van der Waals surface area (Å²) in [5.41, 5.74) is -3.00. The second-order valence-corrected chi connectivity index (χ2v) is 9.88. The lowest BCUT2D eigenvalue weighted by atomic mass is 9.78. The van der Waals surface area contributed by atoms with E-state index in [1.54, 1.807) is 30.2 Å². The van der Waals surface area contributed by atoms with Gasteiger partial charge in [-0.2, -0.15) is 31.4 Å². The Morgan fingerprint density at radius 1 is 0.947 bits per heavy atom. The van der Waals surface area contributed by atoms with Crippen LogP contribution in [0, 0.1) is 5.82 Å². The monoisotopic (exact) mass is 542 g/mol. The Morgan fingerprint density at radius 2 is 1.61 bits per heavy atom. The van der Waals surface area contributed by atoms with E-state index in [2.05, 4.69) is 15.0 Å². The Balaban J connectivity index is 1.49. The maximum absolute atomic E-state index is 13.8. The lowest BCUT2D eigenvalue weighted by Crippen LogP contribution is -2.56. The van der Waals surface area contributed by atoms with Crippen LogP contribution in [0.2, 0.25) is 0 Å². The summed E-state index contributed by atoms with van der Waals surface area (Å²) in [6.45, 7) is -0.0779. The van der Waals surface area contributed by atoms with Crippen molar-refractivity contribution in [3.05, 3.63) is 82.7 Å². The summed E-state index contributed by atoms with van der Waals surface area (Å²) in [5, 5.41) is 4.37. The first kappa shape index (κ1) is 26.6. The minimum Gasteiger partial charge on any atom is -0.371 e. The first-order chi connectivity index (χ1) is 17.9. The average Bonchev–Trinajstić information content (AvgIpc) is 3.36. The van der Waals surface area contributed by atoms with E-state index in [4.69, 9.17) is 4.74 Å². The fraction of sp³-hybridized carbons (Fsp3) is 0.462. The molecule has 0 saturated carbocycles. The third-order valence-electron chi connectivity index (χ3n) is 7.51. The van der Waals surface area contributed by atoms with Gasteiger partial charge in [-0.3, -0.25) is 9.58 Å². The number of ether oxygens (including phenoxy) is 1. The maximum Gasteiger partial charge on any atom is 0.416 e. The highest BCUT2D eigenvalue weighted by molar-refractivity contribution is 5.34. The molecule has 2 bridgehead atoms. The standard InChI is InChI=1S/C26H25F7N4O/c1-36-15-34-23(35-36)13-37-21-6-7-22(24(37,9-8-21)17-2-4-20(27)5-3-17)38-14-16-10-18(25(28,29)30)12-19(11-16)26(31,32)33/h2-5,10-12,15,21-22H,6-9,13-14H2,1H3/t21-,22+,24+/m0/s1. The van der Waals surface area contributed by atoms with Crippen molar-refractivity contribution in [2.45, 2.75) is 68.9 Å². The molecule has 204 valence electrons. The lowest BCUT2D eigenvalue weighted by molar-refractivity contribution is -0.143. The lowest BCUT2D eigenvalue weighted by Gasteiger charge is -2.49. The van der Waals surface area contributed by atoms with Crippen molar-refractivity contribution in [2.24, 2.45) is 7.05 Å². The fourth-order valence-corrected chi connectivity index (χ4v) is 5.87. The van der Waals surface area contributed by atoms with E-state index < -0.39 is 47.5 Å². The molecule has 0 unspecified atom stereocenters. The van der Waals surface area contributed by atoms with Gasteiger partial charge in [0, 0.05) is 13.1 Å². The number of aromatic nitrogens is 3. The minimum absolute atomic E-state index is 0.104. The zero-order chi connectivity index (χ0) is 27.3. The van der Waals surface area contributed by atoms with Gasteiger partial charge < -0.3 is 4.74 Å². The Morgan fingerprint density at radius 3 is 2.18 bits per heavy atom. The Kier molecular flexibility index (Phi) is 6.75. The molecule has 1 aromatic heterocycles. The normalized spacial score (nSPS) is 24.2. The highest BCUT2D eigenvalue weighted by Crippen LogP contribution is 2.52. The number of aryl methyl sites for hydroxylation is 1. The van der Waals surface area contributed by atoms with E-state index in [1.807, 2.05) is 0 Å². The Bertz CT molecular complexity index is 1260. The molecule has 2 aromatic carbocycles. The van der Waals surface area contributed by atoms with E-state index in [9.17, 15) is 30.7 Å². The molecule has 12 heteroatoms. The van der Waals surface area contributed by atoms with E-state index >= 15 is 0 Å². The molecule has 2 aliphatic rings. The maximum atomic E-state index is 13.8. The van der Waals surface area contributed by atoms with E-state index in [-0.39, 0.29) is 17.7 Å². The molecule has 2 fully saturated rings. The molecule has 3 aromatic rings. The van der Waals surface area contributed by atoms with Gasteiger partial charge in [-0.25, -0.2) is 9.37 Å². The molecular formula is C26H25F7N4O. The van der Waals surface area contributed by atoms with Gasteiger partial charge in [0.15, 0.2) is 5.82 Å². The third kappa shape index (κ3) is 5.03. The van der Waals surface area contributed by atoms with Gasteiger partial charge in [0.05, 0.1) is 35.9 Å². The molecule has 3 heterocycles. The van der Waals surface area contributed by atoms with Crippen LogP contribution in [0.25, 0.3) is 0 Å². The number of rotatable bonds is 6. The van der Waals surface area contributed by atoms with Gasteiger partial charge >= 0.3 is 12.4 Å². The fourth-order valence-electron chi connectivity index (χ4n) is 5.87. The summed E-state index contributed by atoms with van der Waals surface area (Å²) in [7, 11) is 1.74. The smallest absolute Gasteiger partial charge is 0.371 e. The first-order valence-corrected chi connectivity index (χ1v) is 12.1. The van der Waals surface area contributed by atoms with Crippen molar-refractivity contribution in [1.82, 2.24) is 19.7 Å². The van der Waals surface area contributed by atoms with Crippen LogP contribution in [-0.4, -0.2) is 31.8 Å². The molecule has 0 spiro atoms. The van der Waals surface area contributed by atoms with Crippen LogP contribution in [0.15, 0.2) is 48.8 Å². The zero-order valence-corrected chi connectivity index (χ0v) is 20.4. The summed E-state index contributed by atoms with van der Waals surface area (Å²) in [6.07, 6.45) is -6.20. The molecule has 0 amide bonds. The number of nitrogens with zero attached hydrogens (tertiary/aromatic N) is 4. The predicted octanol–water partition coefficient (Wildman–Crippen LogP) is 6.23. The summed E-state index contributed by atoms with van der Waals surface area (Å²) >= 11 is 0. The van der Waals surface area contributed by atoms with Gasteiger partial charge in [-0.05, 0) is 67.1 Å². The number of alkyl halides is 6. The van der Waals surface area contributed by atoms with Crippen LogP contribution in [0.1, 0.15) is 53.8 Å². The molecule has 0 aliphatic carbocycles. The van der Waals surface area contributed by atoms with Crippen LogP contribution in [-0.2, 0) is 42.8 Å². The minimum atomic E-state index is -4.94. The Hall–Kier alpha value is -2.99. The molecule has 2 aliphatic heterocycles. The number of hydrogen-bond donors (Lipinski definition) is 0. The molecule has 2 saturated heterocycles. The van der Waals surface area contributed by atoms with Crippen molar-refractivity contribution in [2.75, 3.05) is 0 Å². The molecule has 0 radical (unpaired) electrons. The number of piperidine rings is 1. The molecule has 0 N–H and O–H groups in total. The van der Waals surface area contributed by atoms with Gasteiger partial charge in [0.1, 0.15) is 12.1 Å². The number of benzene rings is 2. The van der Waals surface area contributed by atoms with Crippen LogP contribution < -0.4 is 0 Å². The summed E-state index contributed by atoms with van der Waals surface area (Å²) < 4.78 is 102. The van der Waals surface area contributed by atoms with Gasteiger partial charge in [0.2, 0.25) is 0 Å². The summed E-state index contributed by atoms with van der Waals surface area (Å²) in [4.78, 5) is 6.52. The highest BCUT2D eigenvalue weighted by Gasteiger charge is 2.56. The van der Waals surface area contributed by atoms with Crippen LogP contribution in [0.5, 0.6) is 0 Å². The van der Waals surface area contributed by atoms with Crippen molar-refractivity contribution in [3.63, 3.8) is 0 Å². The van der Waals surface area contributed by atoms with E-state index in [0.717, 1.165) is 18.4 Å². The van der Waals surface area contributed by atoms with Gasteiger partial charge in [0.25, 0.3) is 0 Å². The molecule has 5 rings (SSSR count). The van der Waals surface area contributed by atoms with Gasteiger partial charge in [-0.15, -0.1) is 0 Å². The quantitative estimate of drug-likeness (QED) is 0.347. The van der Waals surface area contributed by atoms with Crippen LogP contribution in [0.4, 0.5) is 30.7 Å². The van der Waals surface area contributed by atoms with Crippen molar-refractivity contribution >= 4 is 0 Å². The molecule has 38 heavy (non-hydrogen) atoms.